The smallest absolute Gasteiger partial charge is 0.376 e. The van der Waals surface area contributed by atoms with E-state index in [0.29, 0.717) is 0 Å². The number of benzene rings is 1. The van der Waals surface area contributed by atoms with Crippen LogP contribution in [0.3, 0.4) is 0 Å². The molecule has 1 aromatic carbocycles. The van der Waals surface area contributed by atoms with Crippen molar-refractivity contribution in [3.8, 4) is 0 Å². The van der Waals surface area contributed by atoms with Crippen LogP contribution in [0, 0.1) is 6.92 Å². The van der Waals surface area contributed by atoms with Gasteiger partial charge in [0.25, 0.3) is 0 Å². The predicted molar refractivity (Wildman–Crippen MR) is 61.8 cm³/mol. The Labute approximate surface area is 105 Å². The first-order chi connectivity index (χ1) is 8.36. The summed E-state index contributed by atoms with van der Waals surface area (Å²) in [5.41, 5.74) is 0.882. The average molecular weight is 272 g/mol. The second-order valence-electron chi connectivity index (χ2n) is 3.33. The summed E-state index contributed by atoms with van der Waals surface area (Å²) in [6, 6.07) is 5.86. The lowest BCUT2D eigenvalue weighted by atomic mass is 10.2. The quantitative estimate of drug-likeness (QED) is 0.279. The highest BCUT2D eigenvalue weighted by molar-refractivity contribution is 7.86. The minimum absolute atomic E-state index is 0.106. The highest BCUT2D eigenvalue weighted by Crippen LogP contribution is 2.16. The van der Waals surface area contributed by atoms with E-state index >= 15 is 0 Å². The number of aliphatic hydroxyl groups excluding tert-OH is 1. The molecule has 0 aliphatic rings. The Hall–Kier alpha value is -1.86. The molecule has 0 bridgehead atoms. The number of ether oxygens (including phenoxy) is 1. The van der Waals surface area contributed by atoms with E-state index in [4.69, 9.17) is 5.11 Å². The van der Waals surface area contributed by atoms with Crippen LogP contribution in [0.25, 0.3) is 0 Å². The first kappa shape index (κ1) is 14.2. The van der Waals surface area contributed by atoms with Gasteiger partial charge in [0.05, 0.1) is 0 Å². The molecule has 0 saturated heterocycles. The van der Waals surface area contributed by atoms with Crippen molar-refractivity contribution in [2.75, 3.05) is 6.79 Å². The number of aryl methyl sites for hydroxylation is 1. The lowest BCUT2D eigenvalue weighted by Crippen LogP contribution is -2.14. The van der Waals surface area contributed by atoms with E-state index in [2.05, 4.69) is 15.5 Å². The molecule has 1 N–H and O–H groups in total. The number of rotatable bonds is 5. The number of carbonyl (C=O) groups excluding carboxylic acids is 1. The fraction of sp³-hybridized carbons (Fsp3) is 0.182. The molecule has 0 heterocycles. The van der Waals surface area contributed by atoms with Crippen molar-refractivity contribution in [1.82, 2.24) is 0 Å². The summed E-state index contributed by atoms with van der Waals surface area (Å²) in [5.74, 6) is -1.86. The van der Waals surface area contributed by atoms with Crippen LogP contribution in [-0.4, -0.2) is 26.3 Å². The van der Waals surface area contributed by atoms with Gasteiger partial charge in [-0.2, -0.15) is 8.42 Å². The van der Waals surface area contributed by atoms with Crippen LogP contribution in [0.15, 0.2) is 41.5 Å². The number of hydrogen-bond acceptors (Lipinski definition) is 6. The maximum Gasteiger partial charge on any atom is 0.376 e. The first-order valence-electron chi connectivity index (χ1n) is 4.85. The normalized spacial score (nSPS) is 10.8. The van der Waals surface area contributed by atoms with E-state index in [-0.39, 0.29) is 4.90 Å². The Morgan fingerprint density at radius 3 is 2.39 bits per heavy atom. The molecule has 18 heavy (non-hydrogen) atoms. The maximum atomic E-state index is 11.7. The van der Waals surface area contributed by atoms with Crippen LogP contribution in [0.1, 0.15) is 5.56 Å². The molecule has 0 spiro atoms. The zero-order chi connectivity index (χ0) is 13.8. The first-order valence-corrected chi connectivity index (χ1v) is 6.25. The summed E-state index contributed by atoms with van der Waals surface area (Å²) in [5, 5.41) is 8.34. The van der Waals surface area contributed by atoms with Gasteiger partial charge in [-0.25, -0.2) is 4.79 Å². The largest absolute Gasteiger partial charge is 0.433 e. The van der Waals surface area contributed by atoms with Gasteiger partial charge in [0.1, 0.15) is 4.90 Å². The Morgan fingerprint density at radius 1 is 1.33 bits per heavy atom. The molecule has 6 nitrogen and oxygen atoms in total. The molecule has 1 rings (SSSR count). The van der Waals surface area contributed by atoms with Crippen LogP contribution in [-0.2, 0) is 23.8 Å². The maximum absolute atomic E-state index is 11.7. The van der Waals surface area contributed by atoms with Gasteiger partial charge in [-0.1, -0.05) is 17.7 Å². The SMILES string of the molecule is C=C(OS(=O)(=O)c1ccc(C)cc1)C(=O)OCO. The van der Waals surface area contributed by atoms with Crippen molar-refractivity contribution in [3.05, 3.63) is 42.2 Å². The predicted octanol–water partition coefficient (Wildman–Crippen LogP) is 0.707. The Morgan fingerprint density at radius 2 is 1.89 bits per heavy atom. The van der Waals surface area contributed by atoms with E-state index in [0.717, 1.165) is 5.56 Å². The minimum atomic E-state index is -4.12. The fourth-order valence-electron chi connectivity index (χ4n) is 1.06. The Kier molecular flexibility index (Phi) is 4.46. The van der Waals surface area contributed by atoms with Crippen LogP contribution in [0.2, 0.25) is 0 Å². The highest BCUT2D eigenvalue weighted by atomic mass is 32.2. The molecular formula is C11H12O6S. The van der Waals surface area contributed by atoms with Crippen molar-refractivity contribution >= 4 is 16.1 Å². The van der Waals surface area contributed by atoms with Gasteiger partial charge in [-0.15, -0.1) is 0 Å². The monoisotopic (exact) mass is 272 g/mol. The van der Waals surface area contributed by atoms with Crippen molar-refractivity contribution < 1.29 is 27.2 Å². The lowest BCUT2D eigenvalue weighted by molar-refractivity contribution is -0.149. The third-order valence-electron chi connectivity index (χ3n) is 1.94. The molecule has 0 aromatic heterocycles. The van der Waals surface area contributed by atoms with E-state index in [1.807, 2.05) is 0 Å². The standard InChI is InChI=1S/C11H12O6S/c1-8-3-5-10(6-4-8)18(14,15)17-9(2)11(13)16-7-12/h3-6,12H,2,7H2,1H3. The summed E-state index contributed by atoms with van der Waals surface area (Å²) in [6.45, 7) is 4.03. The van der Waals surface area contributed by atoms with Crippen LogP contribution < -0.4 is 0 Å². The van der Waals surface area contributed by atoms with Crippen molar-refractivity contribution in [3.63, 3.8) is 0 Å². The average Bonchev–Trinajstić information content (AvgIpc) is 2.29. The lowest BCUT2D eigenvalue weighted by Gasteiger charge is -2.08. The van der Waals surface area contributed by atoms with Gasteiger partial charge in [0.15, 0.2) is 6.79 Å². The fourth-order valence-corrected chi connectivity index (χ4v) is 1.96. The number of hydrogen-bond donors (Lipinski definition) is 1. The van der Waals surface area contributed by atoms with Crippen molar-refractivity contribution in [2.45, 2.75) is 11.8 Å². The molecule has 0 fully saturated rings. The molecule has 0 unspecified atom stereocenters. The molecule has 0 atom stereocenters. The molecule has 1 aromatic rings. The van der Waals surface area contributed by atoms with E-state index in [9.17, 15) is 13.2 Å². The molecule has 0 aliphatic heterocycles. The van der Waals surface area contributed by atoms with Crippen LogP contribution in [0.5, 0.6) is 0 Å². The summed E-state index contributed by atoms with van der Waals surface area (Å²) in [6.07, 6.45) is 0. The second kappa shape index (κ2) is 5.65. The van der Waals surface area contributed by atoms with Gasteiger partial charge in [-0.3, -0.25) is 0 Å². The van der Waals surface area contributed by atoms with E-state index in [1.165, 1.54) is 12.1 Å². The van der Waals surface area contributed by atoms with Gasteiger partial charge in [-0.05, 0) is 25.6 Å². The summed E-state index contributed by atoms with van der Waals surface area (Å²) in [7, 11) is -4.12. The second-order valence-corrected chi connectivity index (χ2v) is 4.88. The highest BCUT2D eigenvalue weighted by Gasteiger charge is 2.21. The molecule has 0 radical (unpaired) electrons. The third-order valence-corrected chi connectivity index (χ3v) is 3.21. The van der Waals surface area contributed by atoms with Gasteiger partial charge in [0, 0.05) is 0 Å². The molecule has 0 aliphatic carbocycles. The zero-order valence-electron chi connectivity index (χ0n) is 9.62. The molecule has 98 valence electrons. The molecular weight excluding hydrogens is 260 g/mol. The van der Waals surface area contributed by atoms with Crippen LogP contribution >= 0.6 is 0 Å². The Balaban J connectivity index is 2.86. The van der Waals surface area contributed by atoms with Crippen LogP contribution in [0.4, 0.5) is 0 Å². The van der Waals surface area contributed by atoms with Gasteiger partial charge in [0.2, 0.25) is 5.76 Å². The molecule has 7 heteroatoms. The summed E-state index contributed by atoms with van der Waals surface area (Å²) in [4.78, 5) is 10.9. The number of aliphatic hydroxyl groups is 1. The molecule has 0 saturated carbocycles. The summed E-state index contributed by atoms with van der Waals surface area (Å²) >= 11 is 0. The Bertz CT molecular complexity index is 543. The summed E-state index contributed by atoms with van der Waals surface area (Å²) < 4.78 is 32.0. The van der Waals surface area contributed by atoms with E-state index < -0.39 is 28.6 Å². The van der Waals surface area contributed by atoms with Gasteiger partial charge < -0.3 is 14.0 Å². The van der Waals surface area contributed by atoms with E-state index in [1.54, 1.807) is 19.1 Å². The van der Waals surface area contributed by atoms with Gasteiger partial charge >= 0.3 is 16.1 Å². The van der Waals surface area contributed by atoms with Crippen molar-refractivity contribution in [2.24, 2.45) is 0 Å². The number of esters is 1. The molecule has 0 amide bonds. The minimum Gasteiger partial charge on any atom is -0.433 e. The number of carbonyl (C=O) groups is 1. The third kappa shape index (κ3) is 3.57. The zero-order valence-corrected chi connectivity index (χ0v) is 10.4. The topological polar surface area (TPSA) is 89.9 Å². The van der Waals surface area contributed by atoms with Crippen molar-refractivity contribution in [1.29, 1.82) is 0 Å².